The second-order valence-electron chi connectivity index (χ2n) is 14.8. The van der Waals surface area contributed by atoms with Gasteiger partial charge >= 0.3 is 0 Å². The molecule has 0 heterocycles. The maximum Gasteiger partial charge on any atom is 0.0578 e. The molecule has 194 valence electrons. The van der Waals surface area contributed by atoms with Crippen molar-refractivity contribution >= 4 is 8.07 Å². The number of hydrogen-bond acceptors (Lipinski definition) is 0. The molecule has 0 N–H and O–H groups in total. The third-order valence-electron chi connectivity index (χ3n) is 13.5. The zero-order valence-corrected chi connectivity index (χ0v) is 24.1. The lowest BCUT2D eigenvalue weighted by Crippen LogP contribution is -2.50. The van der Waals surface area contributed by atoms with Gasteiger partial charge in [-0.25, -0.2) is 0 Å². The predicted octanol–water partition coefficient (Wildman–Crippen LogP) is 10.6. The molecule has 1 heteroatoms. The Morgan fingerprint density at radius 3 is 1.09 bits per heavy atom. The van der Waals surface area contributed by atoms with Crippen LogP contribution in [0.1, 0.15) is 135 Å². The van der Waals surface area contributed by atoms with Crippen molar-refractivity contribution in [3.8, 4) is 0 Å². The van der Waals surface area contributed by atoms with Crippen molar-refractivity contribution in [2.45, 2.75) is 159 Å². The third kappa shape index (κ3) is 4.13. The van der Waals surface area contributed by atoms with E-state index in [0.717, 1.165) is 23.7 Å². The summed E-state index contributed by atoms with van der Waals surface area (Å²) in [5.41, 5.74) is 2.47. The fourth-order valence-electron chi connectivity index (χ4n) is 12.7. The maximum atomic E-state index is 3.11. The summed E-state index contributed by atoms with van der Waals surface area (Å²) >= 11 is 0. The summed E-state index contributed by atoms with van der Waals surface area (Å²) in [5.74, 6) is 9.36. The van der Waals surface area contributed by atoms with Gasteiger partial charge in [-0.05, 0) is 84.1 Å². The van der Waals surface area contributed by atoms with Crippen molar-refractivity contribution in [2.75, 3.05) is 0 Å². The van der Waals surface area contributed by atoms with Crippen LogP contribution in [0.25, 0.3) is 0 Å². The van der Waals surface area contributed by atoms with Crippen molar-refractivity contribution in [3.05, 3.63) is 0 Å². The van der Waals surface area contributed by atoms with Gasteiger partial charge in [0.15, 0.2) is 0 Å². The van der Waals surface area contributed by atoms with E-state index < -0.39 is 8.07 Å². The molecule has 8 unspecified atom stereocenters. The molecule has 6 fully saturated rings. The van der Waals surface area contributed by atoms with Gasteiger partial charge < -0.3 is 0 Å². The van der Waals surface area contributed by atoms with Crippen LogP contribution in [-0.2, 0) is 0 Å². The molecule has 0 saturated heterocycles. The minimum absolute atomic E-state index is 1.16. The van der Waals surface area contributed by atoms with Gasteiger partial charge in [-0.1, -0.05) is 122 Å². The summed E-state index contributed by atoms with van der Waals surface area (Å²) in [6.07, 6.45) is 31.8. The molecule has 0 amide bonds. The molecule has 6 rings (SSSR count). The standard InChI is InChI=1S/C33H58Si/c1-3-4-5-14-23-34(2,32-28-19-10-6-15-24(28)25-16-7-11-20-29(25)32)33-30-21-12-8-17-26(30)27-18-9-13-22-31(27)33/h24-33H,3-23H2,1-2H3. The summed E-state index contributed by atoms with van der Waals surface area (Å²) in [7, 11) is -1.37. The van der Waals surface area contributed by atoms with Crippen LogP contribution in [0.5, 0.6) is 0 Å². The van der Waals surface area contributed by atoms with Crippen LogP contribution >= 0.6 is 0 Å². The molecule has 34 heavy (non-hydrogen) atoms. The SMILES string of the molecule is CCCCCC[Si](C)(C1C2CCCCC2C2CCCCC21)C1C2CCCCC2C2CCCCC21. The highest BCUT2D eigenvalue weighted by molar-refractivity contribution is 6.81. The van der Waals surface area contributed by atoms with Crippen LogP contribution in [0.15, 0.2) is 0 Å². The summed E-state index contributed by atoms with van der Waals surface area (Å²) in [4.78, 5) is 0. The van der Waals surface area contributed by atoms with Crippen molar-refractivity contribution in [1.82, 2.24) is 0 Å². The Labute approximate surface area is 214 Å². The first-order valence-corrected chi connectivity index (χ1v) is 19.6. The van der Waals surface area contributed by atoms with E-state index in [-0.39, 0.29) is 0 Å². The molecule has 0 radical (unpaired) electrons. The van der Waals surface area contributed by atoms with Crippen LogP contribution in [-0.4, -0.2) is 8.07 Å². The molecule has 0 aliphatic heterocycles. The van der Waals surface area contributed by atoms with E-state index in [1.54, 1.807) is 122 Å². The lowest BCUT2D eigenvalue weighted by Gasteiger charge is -2.51. The average Bonchev–Trinajstić information content (AvgIpc) is 3.41. The van der Waals surface area contributed by atoms with Gasteiger partial charge in [0.05, 0.1) is 8.07 Å². The van der Waals surface area contributed by atoms with Gasteiger partial charge in [0, 0.05) is 0 Å². The number of unbranched alkanes of at least 4 members (excludes halogenated alkanes) is 3. The van der Waals surface area contributed by atoms with Crippen LogP contribution in [0.3, 0.4) is 0 Å². The fourth-order valence-corrected chi connectivity index (χ4v) is 20.4. The highest BCUT2D eigenvalue weighted by atomic mass is 28.3. The zero-order valence-electron chi connectivity index (χ0n) is 23.1. The van der Waals surface area contributed by atoms with Gasteiger partial charge in [-0.2, -0.15) is 0 Å². The molecule has 0 nitrogen and oxygen atoms in total. The molecule has 6 saturated carbocycles. The number of hydrogen-bond donors (Lipinski definition) is 0. The van der Waals surface area contributed by atoms with Gasteiger partial charge in [0.2, 0.25) is 0 Å². The Morgan fingerprint density at radius 2 is 0.765 bits per heavy atom. The van der Waals surface area contributed by atoms with Gasteiger partial charge in [-0.15, -0.1) is 0 Å². The molecule has 8 atom stereocenters. The topological polar surface area (TPSA) is 0 Å². The first-order chi connectivity index (χ1) is 16.7. The van der Waals surface area contributed by atoms with Crippen LogP contribution in [0.2, 0.25) is 23.7 Å². The van der Waals surface area contributed by atoms with Crippen LogP contribution in [0, 0.1) is 47.3 Å². The molecule has 0 aromatic carbocycles. The summed E-state index contributed by atoms with van der Waals surface area (Å²) in [6, 6.07) is 1.74. The van der Waals surface area contributed by atoms with E-state index in [0.29, 0.717) is 0 Å². The second kappa shape index (κ2) is 10.5. The van der Waals surface area contributed by atoms with E-state index in [1.165, 1.54) is 47.6 Å². The predicted molar refractivity (Wildman–Crippen MR) is 150 cm³/mol. The minimum atomic E-state index is -1.37. The number of rotatable bonds is 7. The summed E-state index contributed by atoms with van der Waals surface area (Å²) < 4.78 is 0. The first-order valence-electron chi connectivity index (χ1n) is 16.7. The Kier molecular flexibility index (Phi) is 7.60. The largest absolute Gasteiger partial charge is 0.0687 e. The normalized spacial score (nSPS) is 47.8. The van der Waals surface area contributed by atoms with E-state index in [9.17, 15) is 0 Å². The molecule has 0 aromatic rings. The second-order valence-corrected chi connectivity index (χ2v) is 19.7. The summed E-state index contributed by atoms with van der Waals surface area (Å²) in [5, 5.41) is 0. The lowest BCUT2D eigenvalue weighted by atomic mass is 9.73. The molecule has 0 bridgehead atoms. The van der Waals surface area contributed by atoms with Crippen molar-refractivity contribution in [1.29, 1.82) is 0 Å². The monoisotopic (exact) mass is 482 g/mol. The van der Waals surface area contributed by atoms with E-state index >= 15 is 0 Å². The van der Waals surface area contributed by atoms with Crippen LogP contribution < -0.4 is 0 Å². The lowest BCUT2D eigenvalue weighted by molar-refractivity contribution is 0.184. The maximum absolute atomic E-state index is 3.11. The van der Waals surface area contributed by atoms with Crippen molar-refractivity contribution < 1.29 is 0 Å². The van der Waals surface area contributed by atoms with E-state index in [4.69, 9.17) is 0 Å². The van der Waals surface area contributed by atoms with Gasteiger partial charge in [0.25, 0.3) is 0 Å². The van der Waals surface area contributed by atoms with Crippen molar-refractivity contribution in [2.24, 2.45) is 47.3 Å². The minimum Gasteiger partial charge on any atom is -0.0687 e. The Balaban J connectivity index is 1.38. The Bertz CT molecular complexity index is 577. The quantitative estimate of drug-likeness (QED) is 0.250. The molecule has 0 aromatic heterocycles. The van der Waals surface area contributed by atoms with Crippen molar-refractivity contribution in [3.63, 3.8) is 0 Å². The first kappa shape index (κ1) is 24.5. The molecular formula is C33H58Si. The fraction of sp³-hybridized carbons (Fsp3) is 1.00. The average molecular weight is 483 g/mol. The molecule has 6 aliphatic rings. The van der Waals surface area contributed by atoms with E-state index in [1.807, 2.05) is 0 Å². The third-order valence-corrected chi connectivity index (χ3v) is 19.7. The number of fused-ring (bicyclic) bond motifs is 6. The smallest absolute Gasteiger partial charge is 0.0578 e. The highest BCUT2D eigenvalue weighted by Gasteiger charge is 2.64. The van der Waals surface area contributed by atoms with Gasteiger partial charge in [-0.3, -0.25) is 0 Å². The Hall–Kier alpha value is 0.217. The Morgan fingerprint density at radius 1 is 0.441 bits per heavy atom. The molecule has 6 aliphatic carbocycles. The molecule has 0 spiro atoms. The van der Waals surface area contributed by atoms with E-state index in [2.05, 4.69) is 13.5 Å². The van der Waals surface area contributed by atoms with Crippen LogP contribution in [0.4, 0.5) is 0 Å². The highest BCUT2D eigenvalue weighted by Crippen LogP contribution is 2.71. The summed E-state index contributed by atoms with van der Waals surface area (Å²) in [6.45, 7) is 5.53. The van der Waals surface area contributed by atoms with Gasteiger partial charge in [0.1, 0.15) is 0 Å². The zero-order chi connectivity index (χ0) is 23.1. The molecular weight excluding hydrogens is 424 g/mol.